The van der Waals surface area contributed by atoms with Gasteiger partial charge in [-0.1, -0.05) is 19.1 Å². The van der Waals surface area contributed by atoms with Gasteiger partial charge in [-0.25, -0.2) is 14.2 Å². The molecule has 1 heterocycles. The fourth-order valence-corrected chi connectivity index (χ4v) is 2.62. The van der Waals surface area contributed by atoms with Gasteiger partial charge in [-0.3, -0.25) is 5.32 Å². The van der Waals surface area contributed by atoms with Crippen LogP contribution >= 0.6 is 11.3 Å². The normalized spacial score (nSPS) is 10.4. The van der Waals surface area contributed by atoms with Gasteiger partial charge in [0.2, 0.25) is 0 Å². The molecule has 1 aromatic carbocycles. The van der Waals surface area contributed by atoms with Gasteiger partial charge in [0.25, 0.3) is 0 Å². The molecule has 0 saturated carbocycles. The van der Waals surface area contributed by atoms with Crippen LogP contribution in [0.15, 0.2) is 24.4 Å². The van der Waals surface area contributed by atoms with Crippen LogP contribution in [-0.4, -0.2) is 17.6 Å². The Hall–Kier alpha value is -1.95. The number of aromatic nitrogens is 1. The Kier molecular flexibility index (Phi) is 5.27. The molecule has 1 aromatic heterocycles. The molecule has 21 heavy (non-hydrogen) atoms. The fourth-order valence-electron chi connectivity index (χ4n) is 1.77. The molecule has 2 amide bonds. The minimum atomic E-state index is -0.251. The first-order chi connectivity index (χ1) is 10.1. The van der Waals surface area contributed by atoms with E-state index in [1.54, 1.807) is 19.2 Å². The molecule has 2 rings (SSSR count). The molecule has 4 nitrogen and oxygen atoms in total. The molecule has 0 atom stereocenters. The zero-order valence-electron chi connectivity index (χ0n) is 12.1. The summed E-state index contributed by atoms with van der Waals surface area (Å²) in [7, 11) is 0. The standard InChI is InChI=1S/C15H18FN3OS/c1-3-6-17-14(20)19-15-18-9-12(21-15)7-11-5-4-10(2)13(16)8-11/h4-5,8-9H,3,6-7H2,1-2H3,(H2,17,18,19,20). The van der Waals surface area contributed by atoms with E-state index in [1.165, 1.54) is 17.4 Å². The number of carbonyl (C=O) groups excluding carboxylic acids is 1. The molecular formula is C15H18FN3OS. The van der Waals surface area contributed by atoms with E-state index in [0.717, 1.165) is 16.9 Å². The number of hydrogen-bond acceptors (Lipinski definition) is 3. The summed E-state index contributed by atoms with van der Waals surface area (Å²) < 4.78 is 13.5. The van der Waals surface area contributed by atoms with E-state index < -0.39 is 0 Å². The van der Waals surface area contributed by atoms with Gasteiger partial charge in [0.15, 0.2) is 5.13 Å². The van der Waals surface area contributed by atoms with Crippen molar-refractivity contribution in [2.75, 3.05) is 11.9 Å². The Morgan fingerprint density at radius 2 is 2.24 bits per heavy atom. The quantitative estimate of drug-likeness (QED) is 0.884. The van der Waals surface area contributed by atoms with Crippen LogP contribution in [0, 0.1) is 12.7 Å². The van der Waals surface area contributed by atoms with Gasteiger partial charge < -0.3 is 5.32 Å². The Morgan fingerprint density at radius 3 is 2.95 bits per heavy atom. The minimum absolute atomic E-state index is 0.200. The van der Waals surface area contributed by atoms with Crippen LogP contribution in [-0.2, 0) is 6.42 Å². The van der Waals surface area contributed by atoms with Crippen molar-refractivity contribution in [3.63, 3.8) is 0 Å². The summed E-state index contributed by atoms with van der Waals surface area (Å²) in [5, 5.41) is 5.95. The summed E-state index contributed by atoms with van der Waals surface area (Å²) in [5.74, 6) is -0.200. The van der Waals surface area contributed by atoms with Crippen molar-refractivity contribution in [3.8, 4) is 0 Å². The van der Waals surface area contributed by atoms with Crippen molar-refractivity contribution < 1.29 is 9.18 Å². The Labute approximate surface area is 127 Å². The number of halogens is 1. The smallest absolute Gasteiger partial charge is 0.321 e. The van der Waals surface area contributed by atoms with E-state index >= 15 is 0 Å². The summed E-state index contributed by atoms with van der Waals surface area (Å²) in [5.41, 5.74) is 1.53. The van der Waals surface area contributed by atoms with Gasteiger partial charge in [0, 0.05) is 24.0 Å². The third kappa shape index (κ3) is 4.53. The molecule has 0 bridgehead atoms. The molecule has 0 aliphatic heterocycles. The van der Waals surface area contributed by atoms with Crippen molar-refractivity contribution in [1.82, 2.24) is 10.3 Å². The van der Waals surface area contributed by atoms with Gasteiger partial charge in [-0.15, -0.1) is 11.3 Å². The average molecular weight is 307 g/mol. The highest BCUT2D eigenvalue weighted by Crippen LogP contribution is 2.22. The van der Waals surface area contributed by atoms with Crippen LogP contribution < -0.4 is 10.6 Å². The van der Waals surface area contributed by atoms with Crippen LogP contribution in [0.25, 0.3) is 0 Å². The maximum Gasteiger partial charge on any atom is 0.321 e. The van der Waals surface area contributed by atoms with Crippen molar-refractivity contribution >= 4 is 22.5 Å². The highest BCUT2D eigenvalue weighted by atomic mass is 32.1. The van der Waals surface area contributed by atoms with E-state index in [-0.39, 0.29) is 11.8 Å². The maximum atomic E-state index is 13.5. The van der Waals surface area contributed by atoms with Gasteiger partial charge >= 0.3 is 6.03 Å². The number of benzene rings is 1. The third-order valence-electron chi connectivity index (χ3n) is 2.92. The molecule has 112 valence electrons. The second-order valence-electron chi connectivity index (χ2n) is 4.77. The molecule has 0 radical (unpaired) electrons. The number of carbonyl (C=O) groups is 1. The Balaban J connectivity index is 1.96. The molecular weight excluding hydrogens is 289 g/mol. The van der Waals surface area contributed by atoms with Crippen LogP contribution in [0.4, 0.5) is 14.3 Å². The van der Waals surface area contributed by atoms with Crippen LogP contribution in [0.3, 0.4) is 0 Å². The molecule has 0 aliphatic carbocycles. The summed E-state index contributed by atoms with van der Waals surface area (Å²) >= 11 is 1.39. The lowest BCUT2D eigenvalue weighted by Gasteiger charge is -2.03. The van der Waals surface area contributed by atoms with E-state index in [4.69, 9.17) is 0 Å². The van der Waals surface area contributed by atoms with Gasteiger partial charge in [-0.05, 0) is 30.5 Å². The van der Waals surface area contributed by atoms with E-state index in [0.29, 0.717) is 23.7 Å². The van der Waals surface area contributed by atoms with Crippen molar-refractivity contribution in [2.24, 2.45) is 0 Å². The predicted molar refractivity (Wildman–Crippen MR) is 83.4 cm³/mol. The molecule has 2 N–H and O–H groups in total. The molecule has 2 aromatic rings. The van der Waals surface area contributed by atoms with Crippen molar-refractivity contribution in [2.45, 2.75) is 26.7 Å². The molecule has 6 heteroatoms. The van der Waals surface area contributed by atoms with E-state index in [9.17, 15) is 9.18 Å². The largest absolute Gasteiger partial charge is 0.338 e. The number of aryl methyl sites for hydroxylation is 1. The second kappa shape index (κ2) is 7.17. The van der Waals surface area contributed by atoms with Crippen LogP contribution in [0.2, 0.25) is 0 Å². The molecule has 0 aliphatic rings. The number of urea groups is 1. The van der Waals surface area contributed by atoms with E-state index in [2.05, 4.69) is 15.6 Å². The number of nitrogens with zero attached hydrogens (tertiary/aromatic N) is 1. The number of hydrogen-bond donors (Lipinski definition) is 2. The van der Waals surface area contributed by atoms with Gasteiger partial charge in [0.1, 0.15) is 5.82 Å². The number of thiazole rings is 1. The first-order valence-electron chi connectivity index (χ1n) is 6.83. The summed E-state index contributed by atoms with van der Waals surface area (Å²) in [6, 6.07) is 4.96. The minimum Gasteiger partial charge on any atom is -0.338 e. The summed E-state index contributed by atoms with van der Waals surface area (Å²) in [4.78, 5) is 16.6. The Bertz CT molecular complexity index is 627. The highest BCUT2D eigenvalue weighted by Gasteiger charge is 2.07. The molecule has 0 spiro atoms. The highest BCUT2D eigenvalue weighted by molar-refractivity contribution is 7.15. The lowest BCUT2D eigenvalue weighted by molar-refractivity contribution is 0.252. The topological polar surface area (TPSA) is 54.0 Å². The lowest BCUT2D eigenvalue weighted by Crippen LogP contribution is -2.29. The monoisotopic (exact) mass is 307 g/mol. The van der Waals surface area contributed by atoms with E-state index in [1.807, 2.05) is 13.0 Å². The first kappa shape index (κ1) is 15.4. The number of anilines is 1. The SMILES string of the molecule is CCCNC(=O)Nc1ncc(Cc2ccc(C)c(F)c2)s1. The predicted octanol–water partition coefficient (Wildman–Crippen LogP) is 3.71. The van der Waals surface area contributed by atoms with Crippen molar-refractivity contribution in [1.29, 1.82) is 0 Å². The van der Waals surface area contributed by atoms with Crippen molar-refractivity contribution in [3.05, 3.63) is 46.2 Å². The first-order valence-corrected chi connectivity index (χ1v) is 7.64. The maximum absolute atomic E-state index is 13.5. The Morgan fingerprint density at radius 1 is 1.43 bits per heavy atom. The second-order valence-corrected chi connectivity index (χ2v) is 5.89. The number of rotatable bonds is 5. The van der Waals surface area contributed by atoms with Gasteiger partial charge in [0.05, 0.1) is 0 Å². The van der Waals surface area contributed by atoms with Crippen LogP contribution in [0.1, 0.15) is 29.3 Å². The molecule has 0 fully saturated rings. The molecule has 0 saturated heterocycles. The summed E-state index contributed by atoms with van der Waals surface area (Å²) in [6.07, 6.45) is 3.19. The number of nitrogens with one attached hydrogen (secondary N) is 2. The molecule has 0 unspecified atom stereocenters. The zero-order chi connectivity index (χ0) is 15.2. The third-order valence-corrected chi connectivity index (χ3v) is 3.84. The van der Waals surface area contributed by atoms with Gasteiger partial charge in [-0.2, -0.15) is 0 Å². The fraction of sp³-hybridized carbons (Fsp3) is 0.333. The summed E-state index contributed by atoms with van der Waals surface area (Å²) in [6.45, 7) is 4.36. The average Bonchev–Trinajstić information content (AvgIpc) is 2.88. The van der Waals surface area contributed by atoms with Crippen LogP contribution in [0.5, 0.6) is 0 Å². The zero-order valence-corrected chi connectivity index (χ0v) is 12.9. The lowest BCUT2D eigenvalue weighted by atomic mass is 10.1. The number of amides is 2.